The average molecular weight is 232 g/mol. The van der Waals surface area contributed by atoms with Crippen LogP contribution in [0.5, 0.6) is 5.75 Å². The summed E-state index contributed by atoms with van der Waals surface area (Å²) in [5, 5.41) is 10.6. The van der Waals surface area contributed by atoms with E-state index in [9.17, 15) is 5.11 Å². The smallest absolute Gasteiger partial charge is 0.119 e. The molecule has 0 aliphatic heterocycles. The molecular formula is C12H12N2OS. The second-order valence-electron chi connectivity index (χ2n) is 3.34. The van der Waals surface area contributed by atoms with Gasteiger partial charge in [0.2, 0.25) is 0 Å². The lowest BCUT2D eigenvalue weighted by atomic mass is 10.2. The number of hydrogen-bond acceptors (Lipinski definition) is 4. The van der Waals surface area contributed by atoms with Gasteiger partial charge in [-0.3, -0.25) is 0 Å². The SMILES string of the molecule is Nc1ccc(O)c(CSc2ccccn2)c1. The fraction of sp³-hybridized carbons (Fsp3) is 0.0833. The maximum Gasteiger partial charge on any atom is 0.119 e. The molecule has 0 fully saturated rings. The van der Waals surface area contributed by atoms with Crippen molar-refractivity contribution in [3.05, 3.63) is 48.2 Å². The lowest BCUT2D eigenvalue weighted by molar-refractivity contribution is 0.471. The Balaban J connectivity index is 2.08. The summed E-state index contributed by atoms with van der Waals surface area (Å²) < 4.78 is 0. The Morgan fingerprint density at radius 3 is 2.88 bits per heavy atom. The highest BCUT2D eigenvalue weighted by molar-refractivity contribution is 7.98. The van der Waals surface area contributed by atoms with Crippen molar-refractivity contribution in [3.63, 3.8) is 0 Å². The van der Waals surface area contributed by atoms with E-state index in [1.54, 1.807) is 36.2 Å². The van der Waals surface area contributed by atoms with Crippen molar-refractivity contribution in [2.45, 2.75) is 10.8 Å². The Morgan fingerprint density at radius 1 is 1.25 bits per heavy atom. The highest BCUT2D eigenvalue weighted by Crippen LogP contribution is 2.27. The second kappa shape index (κ2) is 4.90. The molecule has 0 amide bonds. The number of benzene rings is 1. The van der Waals surface area contributed by atoms with Crippen LogP contribution in [0.1, 0.15) is 5.56 Å². The lowest BCUT2D eigenvalue weighted by Crippen LogP contribution is -1.88. The normalized spacial score (nSPS) is 10.2. The summed E-state index contributed by atoms with van der Waals surface area (Å²) in [5.74, 6) is 0.936. The Hall–Kier alpha value is -1.68. The number of pyridine rings is 1. The largest absolute Gasteiger partial charge is 0.508 e. The molecule has 0 radical (unpaired) electrons. The van der Waals surface area contributed by atoms with E-state index in [2.05, 4.69) is 4.98 Å². The molecule has 2 rings (SSSR count). The Kier molecular flexibility index (Phi) is 3.31. The molecule has 0 unspecified atom stereocenters. The standard InChI is InChI=1S/C12H12N2OS/c13-10-4-5-11(15)9(7-10)8-16-12-3-1-2-6-14-12/h1-7,15H,8,13H2. The Bertz CT molecular complexity index is 474. The first kappa shape index (κ1) is 10.8. The van der Waals surface area contributed by atoms with Gasteiger partial charge in [-0.2, -0.15) is 0 Å². The quantitative estimate of drug-likeness (QED) is 0.485. The number of thioether (sulfide) groups is 1. The van der Waals surface area contributed by atoms with Gasteiger partial charge in [-0.25, -0.2) is 4.98 Å². The molecule has 1 heterocycles. The number of aromatic nitrogens is 1. The van der Waals surface area contributed by atoms with Crippen LogP contribution in [0, 0.1) is 0 Å². The average Bonchev–Trinajstić information content (AvgIpc) is 2.32. The summed E-state index contributed by atoms with van der Waals surface area (Å²) in [5.41, 5.74) is 7.15. The molecule has 1 aromatic carbocycles. The van der Waals surface area contributed by atoms with Crippen LogP contribution in [0.15, 0.2) is 47.6 Å². The highest BCUT2D eigenvalue weighted by Gasteiger charge is 2.03. The maximum absolute atomic E-state index is 9.62. The van der Waals surface area contributed by atoms with E-state index >= 15 is 0 Å². The van der Waals surface area contributed by atoms with Crippen molar-refractivity contribution >= 4 is 17.4 Å². The minimum absolute atomic E-state index is 0.276. The van der Waals surface area contributed by atoms with Crippen molar-refractivity contribution in [2.75, 3.05) is 5.73 Å². The molecule has 2 aromatic rings. The summed E-state index contributed by atoms with van der Waals surface area (Å²) in [7, 11) is 0. The van der Waals surface area contributed by atoms with E-state index in [0.717, 1.165) is 10.6 Å². The topological polar surface area (TPSA) is 59.1 Å². The zero-order valence-corrected chi connectivity index (χ0v) is 9.45. The predicted molar refractivity (Wildman–Crippen MR) is 66.3 cm³/mol. The van der Waals surface area contributed by atoms with E-state index < -0.39 is 0 Å². The number of nitrogens with zero attached hydrogens (tertiary/aromatic N) is 1. The van der Waals surface area contributed by atoms with E-state index in [1.165, 1.54) is 0 Å². The van der Waals surface area contributed by atoms with Crippen LogP contribution in [-0.4, -0.2) is 10.1 Å². The van der Waals surface area contributed by atoms with Crippen molar-refractivity contribution in [1.82, 2.24) is 4.98 Å². The maximum atomic E-state index is 9.62. The highest BCUT2D eigenvalue weighted by atomic mass is 32.2. The number of aromatic hydroxyl groups is 1. The van der Waals surface area contributed by atoms with Gasteiger partial charge in [0.1, 0.15) is 5.75 Å². The predicted octanol–water partition coefficient (Wildman–Crippen LogP) is 2.66. The van der Waals surface area contributed by atoms with Crippen LogP contribution in [0.3, 0.4) is 0 Å². The van der Waals surface area contributed by atoms with Gasteiger partial charge in [-0.05, 0) is 30.3 Å². The summed E-state index contributed by atoms with van der Waals surface area (Å²) in [6.45, 7) is 0. The van der Waals surface area contributed by atoms with Crippen molar-refractivity contribution in [2.24, 2.45) is 0 Å². The number of phenolic OH excluding ortho intramolecular Hbond substituents is 1. The number of nitrogen functional groups attached to an aromatic ring is 1. The van der Waals surface area contributed by atoms with Gasteiger partial charge < -0.3 is 10.8 Å². The van der Waals surface area contributed by atoms with Crippen LogP contribution in [0.25, 0.3) is 0 Å². The molecule has 0 aliphatic rings. The van der Waals surface area contributed by atoms with Crippen LogP contribution in [-0.2, 0) is 5.75 Å². The number of phenols is 1. The van der Waals surface area contributed by atoms with E-state index in [4.69, 9.17) is 5.73 Å². The Labute approximate surface area is 98.3 Å². The summed E-state index contributed by atoms with van der Waals surface area (Å²) >= 11 is 1.57. The zero-order chi connectivity index (χ0) is 11.4. The first-order chi connectivity index (χ1) is 7.75. The van der Waals surface area contributed by atoms with Gasteiger partial charge in [0.15, 0.2) is 0 Å². The third-order valence-electron chi connectivity index (χ3n) is 2.12. The van der Waals surface area contributed by atoms with Gasteiger partial charge in [0.05, 0.1) is 5.03 Å². The molecule has 16 heavy (non-hydrogen) atoms. The molecular weight excluding hydrogens is 220 g/mol. The number of anilines is 1. The summed E-state index contributed by atoms with van der Waals surface area (Å²) in [6, 6.07) is 10.8. The van der Waals surface area contributed by atoms with Crippen LogP contribution < -0.4 is 5.73 Å². The summed E-state index contributed by atoms with van der Waals surface area (Å²) in [4.78, 5) is 4.20. The molecule has 4 heteroatoms. The van der Waals surface area contributed by atoms with Crippen molar-refractivity contribution in [3.8, 4) is 5.75 Å². The molecule has 82 valence electrons. The van der Waals surface area contributed by atoms with Gasteiger partial charge >= 0.3 is 0 Å². The van der Waals surface area contributed by atoms with Crippen LogP contribution in [0.2, 0.25) is 0 Å². The molecule has 0 aliphatic carbocycles. The minimum Gasteiger partial charge on any atom is -0.508 e. The van der Waals surface area contributed by atoms with Crippen molar-refractivity contribution < 1.29 is 5.11 Å². The fourth-order valence-electron chi connectivity index (χ4n) is 1.31. The van der Waals surface area contributed by atoms with Gasteiger partial charge in [-0.15, -0.1) is 11.8 Å². The van der Waals surface area contributed by atoms with Gasteiger partial charge in [0.25, 0.3) is 0 Å². The molecule has 3 N–H and O–H groups in total. The molecule has 0 spiro atoms. The lowest BCUT2D eigenvalue weighted by Gasteiger charge is -2.05. The molecule has 3 nitrogen and oxygen atoms in total. The molecule has 0 bridgehead atoms. The van der Waals surface area contributed by atoms with Gasteiger partial charge in [-0.1, -0.05) is 6.07 Å². The summed E-state index contributed by atoms with van der Waals surface area (Å²) in [6.07, 6.45) is 1.75. The third kappa shape index (κ3) is 2.67. The van der Waals surface area contributed by atoms with Crippen LogP contribution in [0.4, 0.5) is 5.69 Å². The second-order valence-corrected chi connectivity index (χ2v) is 4.34. The molecule has 0 saturated carbocycles. The van der Waals surface area contributed by atoms with Crippen LogP contribution >= 0.6 is 11.8 Å². The molecule has 0 saturated heterocycles. The van der Waals surface area contributed by atoms with E-state index in [-0.39, 0.29) is 5.75 Å². The van der Waals surface area contributed by atoms with Gasteiger partial charge in [0, 0.05) is 23.2 Å². The molecule has 0 atom stereocenters. The van der Waals surface area contributed by atoms with Crippen molar-refractivity contribution in [1.29, 1.82) is 0 Å². The van der Waals surface area contributed by atoms with E-state index in [1.807, 2.05) is 18.2 Å². The number of hydrogen-bond donors (Lipinski definition) is 2. The first-order valence-corrected chi connectivity index (χ1v) is 5.85. The minimum atomic E-state index is 0.276. The third-order valence-corrected chi connectivity index (χ3v) is 3.11. The molecule has 1 aromatic heterocycles. The Morgan fingerprint density at radius 2 is 2.12 bits per heavy atom. The number of nitrogens with two attached hydrogens (primary N) is 1. The van der Waals surface area contributed by atoms with E-state index in [0.29, 0.717) is 11.4 Å². The fourth-order valence-corrected chi connectivity index (χ4v) is 2.15. The first-order valence-electron chi connectivity index (χ1n) is 4.87. The number of rotatable bonds is 3. The monoisotopic (exact) mass is 232 g/mol. The zero-order valence-electron chi connectivity index (χ0n) is 8.63.